The molecule has 0 aliphatic heterocycles. The summed E-state index contributed by atoms with van der Waals surface area (Å²) in [6.45, 7) is 6.10. The van der Waals surface area contributed by atoms with E-state index in [0.717, 1.165) is 25.7 Å². The third-order valence-corrected chi connectivity index (χ3v) is 3.56. The first-order valence-corrected chi connectivity index (χ1v) is 7.31. The molecule has 0 spiro atoms. The van der Waals surface area contributed by atoms with E-state index in [-0.39, 0.29) is 6.10 Å². The van der Waals surface area contributed by atoms with Gasteiger partial charge in [-0.25, -0.2) is 0 Å². The van der Waals surface area contributed by atoms with E-state index in [1.165, 1.54) is 25.7 Å². The largest absolute Gasteiger partial charge is 0.393 e. The second-order valence-corrected chi connectivity index (χ2v) is 5.15. The van der Waals surface area contributed by atoms with Crippen molar-refractivity contribution in [2.75, 3.05) is 0 Å². The molecule has 0 aromatic heterocycles. The summed E-state index contributed by atoms with van der Waals surface area (Å²) >= 11 is 0. The lowest BCUT2D eigenvalue weighted by atomic mass is 9.93. The van der Waals surface area contributed by atoms with Crippen LogP contribution in [0, 0.1) is 5.92 Å². The number of aliphatic hydroxyl groups is 1. The number of carbonyl (C=O) groups excluding carboxylic acids is 1. The molecule has 0 bridgehead atoms. The van der Waals surface area contributed by atoms with Gasteiger partial charge in [0, 0.05) is 12.8 Å². The van der Waals surface area contributed by atoms with Gasteiger partial charge in [-0.15, -0.1) is 0 Å². The number of unbranched alkanes of at least 4 members (excludes halogenated alkanes) is 4. The summed E-state index contributed by atoms with van der Waals surface area (Å²) in [5.74, 6) is 0.666. The zero-order chi connectivity index (χ0) is 13.1. The fourth-order valence-electron chi connectivity index (χ4n) is 2.18. The topological polar surface area (TPSA) is 37.3 Å². The van der Waals surface area contributed by atoms with Crippen LogP contribution in [-0.4, -0.2) is 17.0 Å². The first-order chi connectivity index (χ1) is 8.11. The van der Waals surface area contributed by atoms with Crippen LogP contribution in [0.15, 0.2) is 0 Å². The van der Waals surface area contributed by atoms with Crippen molar-refractivity contribution in [3.63, 3.8) is 0 Å². The van der Waals surface area contributed by atoms with Crippen molar-refractivity contribution in [1.82, 2.24) is 0 Å². The van der Waals surface area contributed by atoms with Gasteiger partial charge >= 0.3 is 0 Å². The molecule has 0 amide bonds. The van der Waals surface area contributed by atoms with E-state index in [4.69, 9.17) is 0 Å². The Balaban J connectivity index is 3.51. The minimum Gasteiger partial charge on any atom is -0.393 e. The first kappa shape index (κ1) is 16.6. The van der Waals surface area contributed by atoms with Crippen LogP contribution in [0.5, 0.6) is 0 Å². The Morgan fingerprint density at radius 3 is 2.24 bits per heavy atom. The maximum atomic E-state index is 11.6. The molecule has 1 N–H and O–H groups in total. The van der Waals surface area contributed by atoms with Gasteiger partial charge in [0.1, 0.15) is 5.78 Å². The zero-order valence-corrected chi connectivity index (χ0v) is 11.9. The van der Waals surface area contributed by atoms with Crippen molar-refractivity contribution >= 4 is 5.78 Å². The van der Waals surface area contributed by atoms with Crippen molar-refractivity contribution in [3.05, 3.63) is 0 Å². The number of ketones is 1. The first-order valence-electron chi connectivity index (χ1n) is 7.31. The van der Waals surface area contributed by atoms with E-state index in [2.05, 4.69) is 13.8 Å². The maximum absolute atomic E-state index is 11.6. The van der Waals surface area contributed by atoms with Crippen molar-refractivity contribution in [1.29, 1.82) is 0 Å². The Hall–Kier alpha value is -0.370. The molecule has 102 valence electrons. The lowest BCUT2D eigenvalue weighted by Gasteiger charge is -2.17. The molecule has 0 radical (unpaired) electrons. The predicted octanol–water partition coefficient (Wildman–Crippen LogP) is 4.10. The lowest BCUT2D eigenvalue weighted by Crippen LogP contribution is -2.17. The molecule has 0 aliphatic carbocycles. The highest BCUT2D eigenvalue weighted by atomic mass is 16.3. The minimum atomic E-state index is -0.280. The van der Waals surface area contributed by atoms with Gasteiger partial charge in [0.15, 0.2) is 0 Å². The molecule has 0 fully saturated rings. The molecule has 0 heterocycles. The number of aliphatic hydroxyl groups excluding tert-OH is 1. The molecule has 2 atom stereocenters. The summed E-state index contributed by atoms with van der Waals surface area (Å²) in [7, 11) is 0. The predicted molar refractivity (Wildman–Crippen MR) is 73.1 cm³/mol. The monoisotopic (exact) mass is 242 g/mol. The summed E-state index contributed by atoms with van der Waals surface area (Å²) in [6.07, 6.45) is 8.94. The molecule has 17 heavy (non-hydrogen) atoms. The van der Waals surface area contributed by atoms with Crippen LogP contribution in [0.1, 0.15) is 78.6 Å². The van der Waals surface area contributed by atoms with Crippen LogP contribution in [0.3, 0.4) is 0 Å². The Bertz CT molecular complexity index is 187. The van der Waals surface area contributed by atoms with Crippen molar-refractivity contribution in [3.8, 4) is 0 Å². The zero-order valence-electron chi connectivity index (χ0n) is 11.9. The molecule has 0 aliphatic rings. The molecule has 0 aromatic rings. The molecule has 0 saturated heterocycles. The van der Waals surface area contributed by atoms with Crippen LogP contribution in [0.2, 0.25) is 0 Å². The van der Waals surface area contributed by atoms with Crippen molar-refractivity contribution in [2.24, 2.45) is 5.92 Å². The highest BCUT2D eigenvalue weighted by Gasteiger charge is 2.14. The number of hydrogen-bond donors (Lipinski definition) is 1. The van der Waals surface area contributed by atoms with E-state index >= 15 is 0 Å². The van der Waals surface area contributed by atoms with E-state index in [9.17, 15) is 9.90 Å². The van der Waals surface area contributed by atoms with Crippen LogP contribution in [0.25, 0.3) is 0 Å². The van der Waals surface area contributed by atoms with Crippen molar-refractivity contribution < 1.29 is 9.90 Å². The minimum absolute atomic E-state index is 0.280. The van der Waals surface area contributed by atoms with Crippen LogP contribution in [0.4, 0.5) is 0 Å². The van der Waals surface area contributed by atoms with E-state index < -0.39 is 0 Å². The Kier molecular flexibility index (Phi) is 10.5. The highest BCUT2D eigenvalue weighted by molar-refractivity contribution is 5.78. The lowest BCUT2D eigenvalue weighted by molar-refractivity contribution is -0.119. The Morgan fingerprint density at radius 1 is 1.06 bits per heavy atom. The molecule has 2 unspecified atom stereocenters. The number of carbonyl (C=O) groups is 1. The third-order valence-electron chi connectivity index (χ3n) is 3.56. The van der Waals surface area contributed by atoms with E-state index in [0.29, 0.717) is 18.1 Å². The van der Waals surface area contributed by atoms with Gasteiger partial charge in [-0.2, -0.15) is 0 Å². The average Bonchev–Trinajstić information content (AvgIpc) is 2.29. The van der Waals surface area contributed by atoms with Gasteiger partial charge in [-0.1, -0.05) is 46.0 Å². The molecule has 0 aromatic carbocycles. The SMILES string of the molecule is CCCCCCCC(=O)CCC(CC)C(C)O. The summed E-state index contributed by atoms with van der Waals surface area (Å²) in [6, 6.07) is 0. The third kappa shape index (κ3) is 9.34. The van der Waals surface area contributed by atoms with Gasteiger partial charge in [0.2, 0.25) is 0 Å². The fraction of sp³-hybridized carbons (Fsp3) is 0.933. The summed E-state index contributed by atoms with van der Waals surface area (Å²) < 4.78 is 0. The maximum Gasteiger partial charge on any atom is 0.132 e. The van der Waals surface area contributed by atoms with Crippen molar-refractivity contribution in [2.45, 2.75) is 84.7 Å². The summed E-state index contributed by atoms with van der Waals surface area (Å²) in [5.41, 5.74) is 0. The number of Topliss-reactive ketones (excluding diaryl/α,β-unsaturated/α-hetero) is 1. The standard InChI is InChI=1S/C15H30O2/c1-4-6-7-8-9-10-15(17)12-11-14(5-2)13(3)16/h13-14,16H,4-12H2,1-3H3. The van der Waals surface area contributed by atoms with Crippen LogP contribution < -0.4 is 0 Å². The quantitative estimate of drug-likeness (QED) is 0.554. The second-order valence-electron chi connectivity index (χ2n) is 5.15. The fourth-order valence-corrected chi connectivity index (χ4v) is 2.18. The molecular weight excluding hydrogens is 212 g/mol. The van der Waals surface area contributed by atoms with Crippen LogP contribution >= 0.6 is 0 Å². The molecule has 2 heteroatoms. The van der Waals surface area contributed by atoms with Gasteiger partial charge < -0.3 is 5.11 Å². The number of hydrogen-bond acceptors (Lipinski definition) is 2. The average molecular weight is 242 g/mol. The second kappa shape index (κ2) is 10.8. The normalized spacial score (nSPS) is 14.6. The summed E-state index contributed by atoms with van der Waals surface area (Å²) in [5, 5.41) is 9.49. The number of rotatable bonds is 11. The van der Waals surface area contributed by atoms with Gasteiger partial charge in [0.25, 0.3) is 0 Å². The molecular formula is C15H30O2. The van der Waals surface area contributed by atoms with Gasteiger partial charge in [-0.05, 0) is 25.7 Å². The molecule has 0 rings (SSSR count). The molecule has 2 nitrogen and oxygen atoms in total. The van der Waals surface area contributed by atoms with E-state index in [1.54, 1.807) is 0 Å². The smallest absolute Gasteiger partial charge is 0.132 e. The Morgan fingerprint density at radius 2 is 1.71 bits per heavy atom. The Labute approximate surface area is 107 Å². The van der Waals surface area contributed by atoms with E-state index in [1.807, 2.05) is 6.92 Å². The van der Waals surface area contributed by atoms with Gasteiger partial charge in [0.05, 0.1) is 6.10 Å². The van der Waals surface area contributed by atoms with Crippen LogP contribution in [-0.2, 0) is 4.79 Å². The molecule has 0 saturated carbocycles. The van der Waals surface area contributed by atoms with Gasteiger partial charge in [-0.3, -0.25) is 4.79 Å². The summed E-state index contributed by atoms with van der Waals surface area (Å²) in [4.78, 5) is 11.6. The highest BCUT2D eigenvalue weighted by Crippen LogP contribution is 2.17.